The Labute approximate surface area is 113 Å². The van der Waals surface area contributed by atoms with E-state index in [1.165, 1.54) is 0 Å². The second kappa shape index (κ2) is 4.69. The molecule has 0 unspecified atom stereocenters. The van der Waals surface area contributed by atoms with Crippen molar-refractivity contribution in [1.29, 1.82) is 0 Å². The van der Waals surface area contributed by atoms with Gasteiger partial charge in [0, 0.05) is 13.1 Å². The van der Waals surface area contributed by atoms with Crippen LogP contribution in [0.1, 0.15) is 17.1 Å². The zero-order chi connectivity index (χ0) is 15.1. The van der Waals surface area contributed by atoms with Gasteiger partial charge in [-0.3, -0.25) is 4.68 Å². The molecule has 0 aliphatic rings. The van der Waals surface area contributed by atoms with Crippen molar-refractivity contribution in [1.82, 2.24) is 14.8 Å². The molecule has 2 aromatic heterocycles. The van der Waals surface area contributed by atoms with Crippen LogP contribution in [0.3, 0.4) is 0 Å². The first-order valence-electron chi connectivity index (χ1n) is 5.71. The van der Waals surface area contributed by atoms with E-state index < -0.39 is 11.9 Å². The predicted octanol–water partition coefficient (Wildman–Crippen LogP) is 2.83. The monoisotopic (exact) mass is 286 g/mol. The molecule has 0 atom stereocenters. The van der Waals surface area contributed by atoms with E-state index in [1.807, 2.05) is 0 Å². The summed E-state index contributed by atoms with van der Waals surface area (Å²) in [6.07, 6.45) is -3.62. The molecule has 20 heavy (non-hydrogen) atoms. The van der Waals surface area contributed by atoms with Gasteiger partial charge in [0.15, 0.2) is 11.5 Å². The number of nitrogens with zero attached hydrogens (tertiary/aromatic N) is 3. The second-order valence-corrected chi connectivity index (χ2v) is 4.33. The highest BCUT2D eigenvalue weighted by atomic mass is 19.4. The average Bonchev–Trinajstić information content (AvgIpc) is 2.57. The molecule has 0 aliphatic carbocycles. The van der Waals surface area contributed by atoms with Crippen molar-refractivity contribution in [3.63, 3.8) is 0 Å². The van der Waals surface area contributed by atoms with Gasteiger partial charge in [-0.2, -0.15) is 18.3 Å². The highest BCUT2D eigenvalue weighted by Crippen LogP contribution is 2.35. The van der Waals surface area contributed by atoms with Gasteiger partial charge in [-0.15, -0.1) is 0 Å². The van der Waals surface area contributed by atoms with Crippen LogP contribution in [-0.4, -0.2) is 14.8 Å². The third-order valence-electron chi connectivity index (χ3n) is 2.84. The molecule has 0 aliphatic heterocycles. The van der Waals surface area contributed by atoms with E-state index in [9.17, 15) is 13.2 Å². The molecule has 2 aromatic rings. The minimum absolute atomic E-state index is 0.0284. The quantitative estimate of drug-likeness (QED) is 0.922. The zero-order valence-electron chi connectivity index (χ0n) is 11.1. The summed E-state index contributed by atoms with van der Waals surface area (Å²) in [5, 5.41) is 4.12. The van der Waals surface area contributed by atoms with Gasteiger partial charge in [-0.1, -0.05) is 0 Å². The first-order chi connectivity index (χ1) is 9.20. The Morgan fingerprint density at radius 2 is 1.95 bits per heavy atom. The van der Waals surface area contributed by atoms with Gasteiger partial charge in [0.25, 0.3) is 0 Å². The van der Waals surface area contributed by atoms with Gasteiger partial charge in [0.1, 0.15) is 11.4 Å². The summed E-state index contributed by atoms with van der Waals surface area (Å²) in [6.45, 7) is 3.45. The Morgan fingerprint density at radius 1 is 1.30 bits per heavy atom. The number of nitrogens with two attached hydrogens (primary N) is 1. The molecule has 0 saturated carbocycles. The summed E-state index contributed by atoms with van der Waals surface area (Å²) in [4.78, 5) is 3.25. The van der Waals surface area contributed by atoms with Crippen LogP contribution < -0.4 is 10.5 Å². The van der Waals surface area contributed by atoms with Crippen molar-refractivity contribution in [2.75, 3.05) is 5.73 Å². The van der Waals surface area contributed by atoms with Gasteiger partial charge in [-0.05, 0) is 13.8 Å². The van der Waals surface area contributed by atoms with Crippen molar-refractivity contribution < 1.29 is 17.9 Å². The van der Waals surface area contributed by atoms with Gasteiger partial charge in [0.05, 0.1) is 17.6 Å². The number of rotatable bonds is 2. The van der Waals surface area contributed by atoms with Crippen LogP contribution in [0, 0.1) is 13.8 Å². The Hall–Kier alpha value is -2.25. The summed E-state index contributed by atoms with van der Waals surface area (Å²) in [5.41, 5.74) is 5.83. The Balaban J connectivity index is 2.43. The molecule has 0 spiro atoms. The van der Waals surface area contributed by atoms with E-state index in [-0.39, 0.29) is 11.4 Å². The summed E-state index contributed by atoms with van der Waals surface area (Å²) >= 11 is 0. The van der Waals surface area contributed by atoms with Crippen LogP contribution in [0.15, 0.2) is 12.3 Å². The number of halogens is 3. The van der Waals surface area contributed by atoms with E-state index in [4.69, 9.17) is 10.5 Å². The first-order valence-corrected chi connectivity index (χ1v) is 5.71. The first kappa shape index (κ1) is 14.2. The molecule has 0 aromatic carbocycles. The molecular formula is C12H13F3N4O. The number of ether oxygens (including phenoxy) is 1. The summed E-state index contributed by atoms with van der Waals surface area (Å²) in [6, 6.07) is 0.779. The molecule has 8 heteroatoms. The molecule has 0 fully saturated rings. The molecule has 108 valence electrons. The number of pyridine rings is 1. The third kappa shape index (κ3) is 2.54. The van der Waals surface area contributed by atoms with Crippen LogP contribution in [0.5, 0.6) is 11.5 Å². The van der Waals surface area contributed by atoms with Crippen LogP contribution in [-0.2, 0) is 13.2 Å². The van der Waals surface area contributed by atoms with Gasteiger partial charge >= 0.3 is 6.18 Å². The van der Waals surface area contributed by atoms with Gasteiger partial charge in [-0.25, -0.2) is 4.98 Å². The molecule has 0 saturated heterocycles. The van der Waals surface area contributed by atoms with E-state index in [2.05, 4.69) is 10.1 Å². The van der Waals surface area contributed by atoms with E-state index in [0.717, 1.165) is 12.3 Å². The topological polar surface area (TPSA) is 66.0 Å². The molecule has 0 radical (unpaired) electrons. The molecule has 2 rings (SSSR count). The molecule has 2 heterocycles. The smallest absolute Gasteiger partial charge is 0.433 e. The largest absolute Gasteiger partial charge is 0.451 e. The Kier molecular flexibility index (Phi) is 3.33. The maximum absolute atomic E-state index is 12.6. The minimum Gasteiger partial charge on any atom is -0.451 e. The van der Waals surface area contributed by atoms with Crippen molar-refractivity contribution in [2.24, 2.45) is 7.05 Å². The van der Waals surface area contributed by atoms with Crippen LogP contribution in [0.25, 0.3) is 0 Å². The van der Waals surface area contributed by atoms with Gasteiger partial charge in [0.2, 0.25) is 0 Å². The molecule has 0 amide bonds. The summed E-state index contributed by atoms with van der Waals surface area (Å²) < 4.78 is 44.9. The number of hydrogen-bond acceptors (Lipinski definition) is 4. The second-order valence-electron chi connectivity index (χ2n) is 4.33. The molecule has 0 bridgehead atoms. The lowest BCUT2D eigenvalue weighted by Gasteiger charge is -2.11. The molecular weight excluding hydrogens is 273 g/mol. The number of hydrogen-bond donors (Lipinski definition) is 1. The summed E-state index contributed by atoms with van der Waals surface area (Å²) in [5.74, 6) is 0.296. The Morgan fingerprint density at radius 3 is 2.45 bits per heavy atom. The normalized spacial score (nSPS) is 11.7. The van der Waals surface area contributed by atoms with Crippen LogP contribution in [0.4, 0.5) is 18.9 Å². The number of aromatic nitrogens is 3. The maximum Gasteiger partial charge on any atom is 0.433 e. The average molecular weight is 286 g/mol. The standard InChI is InChI=1S/C12H13F3N4O/c1-6-11(7(2)19(3)18-6)20-9-4-10(12(13,14)15)17-5-8(9)16/h4-5H,16H2,1-3H3. The number of anilines is 1. The molecule has 5 nitrogen and oxygen atoms in total. The lowest BCUT2D eigenvalue weighted by atomic mass is 10.3. The number of alkyl halides is 3. The highest BCUT2D eigenvalue weighted by Gasteiger charge is 2.33. The van der Waals surface area contributed by atoms with E-state index in [0.29, 0.717) is 17.1 Å². The number of nitrogen functional groups attached to an aromatic ring is 1. The SMILES string of the molecule is Cc1nn(C)c(C)c1Oc1cc(C(F)(F)F)ncc1N. The Bertz CT molecular complexity index is 649. The van der Waals surface area contributed by atoms with E-state index >= 15 is 0 Å². The van der Waals surface area contributed by atoms with Crippen molar-refractivity contribution >= 4 is 5.69 Å². The van der Waals surface area contributed by atoms with E-state index in [1.54, 1.807) is 25.6 Å². The van der Waals surface area contributed by atoms with Crippen molar-refractivity contribution in [2.45, 2.75) is 20.0 Å². The lowest BCUT2D eigenvalue weighted by Crippen LogP contribution is -2.09. The number of aryl methyl sites for hydroxylation is 2. The lowest BCUT2D eigenvalue weighted by molar-refractivity contribution is -0.141. The highest BCUT2D eigenvalue weighted by molar-refractivity contribution is 5.54. The fraction of sp³-hybridized carbons (Fsp3) is 0.333. The maximum atomic E-state index is 12.6. The van der Waals surface area contributed by atoms with Crippen molar-refractivity contribution in [3.8, 4) is 11.5 Å². The van der Waals surface area contributed by atoms with Crippen LogP contribution in [0.2, 0.25) is 0 Å². The minimum atomic E-state index is -4.55. The predicted molar refractivity (Wildman–Crippen MR) is 66.4 cm³/mol. The fourth-order valence-electron chi connectivity index (χ4n) is 1.70. The van der Waals surface area contributed by atoms with Crippen molar-refractivity contribution in [3.05, 3.63) is 29.3 Å². The zero-order valence-corrected chi connectivity index (χ0v) is 11.1. The van der Waals surface area contributed by atoms with Crippen LogP contribution >= 0.6 is 0 Å². The molecule has 2 N–H and O–H groups in total. The fourth-order valence-corrected chi connectivity index (χ4v) is 1.70. The summed E-state index contributed by atoms with van der Waals surface area (Å²) in [7, 11) is 1.71. The van der Waals surface area contributed by atoms with Gasteiger partial charge < -0.3 is 10.5 Å². The third-order valence-corrected chi connectivity index (χ3v) is 2.84.